The summed E-state index contributed by atoms with van der Waals surface area (Å²) < 4.78 is 5.40. The zero-order chi connectivity index (χ0) is 23.9. The highest BCUT2D eigenvalue weighted by molar-refractivity contribution is 6.52. The summed E-state index contributed by atoms with van der Waals surface area (Å²) in [5, 5.41) is 12.1. The minimum absolute atomic E-state index is 0.0782. The van der Waals surface area contributed by atoms with E-state index in [1.54, 1.807) is 68.7 Å². The molecule has 1 amide bonds. The maximum absolute atomic E-state index is 13.3. The lowest BCUT2D eigenvalue weighted by Crippen LogP contribution is -2.30. The van der Waals surface area contributed by atoms with Crippen LogP contribution in [0.1, 0.15) is 28.3 Å². The number of hydrogen-bond donors (Lipinski definition) is 1. The van der Waals surface area contributed by atoms with Gasteiger partial charge in [0.25, 0.3) is 11.7 Å². The zero-order valence-corrected chi connectivity index (χ0v) is 19.6. The van der Waals surface area contributed by atoms with Gasteiger partial charge in [-0.3, -0.25) is 19.5 Å². The second-order valence-corrected chi connectivity index (χ2v) is 8.48. The molecule has 1 atom stereocenters. The van der Waals surface area contributed by atoms with Crippen molar-refractivity contribution in [3.8, 4) is 5.75 Å². The molecule has 4 rings (SSSR count). The number of Topliss-reactive ketones (excluding diaryl/α,β-unsaturated/α-hetero) is 1. The Labute approximate surface area is 201 Å². The third-order valence-electron chi connectivity index (χ3n) is 5.61. The number of benzene rings is 2. The first-order chi connectivity index (χ1) is 15.8. The van der Waals surface area contributed by atoms with Gasteiger partial charge in [-0.15, -0.1) is 0 Å². The number of methoxy groups -OCH3 is 1. The van der Waals surface area contributed by atoms with Crippen LogP contribution in [0, 0.1) is 13.8 Å². The number of ether oxygens (including phenoxy) is 1. The monoisotopic (exact) mass is 482 g/mol. The molecule has 3 aromatic rings. The minimum Gasteiger partial charge on any atom is -0.507 e. The number of aliphatic hydroxyl groups excluding tert-OH is 1. The molecule has 168 valence electrons. The summed E-state index contributed by atoms with van der Waals surface area (Å²) in [6.07, 6.45) is 3.12. The van der Waals surface area contributed by atoms with Gasteiger partial charge in [0, 0.05) is 23.1 Å². The van der Waals surface area contributed by atoms with Crippen molar-refractivity contribution in [2.75, 3.05) is 12.0 Å². The standard InChI is InChI=1S/C25H20Cl2N2O4/c1-13-11-16(24(33-3)18(27)12-13)22(30)20-21(15-7-9-28-10-8-15)29(25(32)23(20)31)19-6-4-5-17(26)14(19)2/h4-12,21,30H,1-3H3/b22-20+. The molecule has 2 aromatic carbocycles. The Balaban J connectivity index is 2.03. The largest absolute Gasteiger partial charge is 0.507 e. The first-order valence-corrected chi connectivity index (χ1v) is 10.8. The number of carbonyl (C=O) groups is 2. The van der Waals surface area contributed by atoms with Crippen molar-refractivity contribution in [3.05, 3.63) is 92.7 Å². The lowest BCUT2D eigenvalue weighted by molar-refractivity contribution is -0.132. The van der Waals surface area contributed by atoms with E-state index >= 15 is 0 Å². The van der Waals surface area contributed by atoms with Crippen LogP contribution in [-0.4, -0.2) is 28.9 Å². The Morgan fingerprint density at radius 1 is 1.06 bits per heavy atom. The van der Waals surface area contributed by atoms with Gasteiger partial charge in [0.15, 0.2) is 0 Å². The van der Waals surface area contributed by atoms with Gasteiger partial charge in [0.05, 0.1) is 29.3 Å². The van der Waals surface area contributed by atoms with E-state index in [-0.39, 0.29) is 27.7 Å². The molecule has 1 unspecified atom stereocenters. The molecule has 2 heterocycles. The molecule has 0 spiro atoms. The van der Waals surface area contributed by atoms with Crippen molar-refractivity contribution in [2.45, 2.75) is 19.9 Å². The van der Waals surface area contributed by atoms with Gasteiger partial charge in [0.1, 0.15) is 11.5 Å². The van der Waals surface area contributed by atoms with Crippen molar-refractivity contribution in [1.82, 2.24) is 4.98 Å². The normalized spacial score (nSPS) is 17.5. The topological polar surface area (TPSA) is 79.7 Å². The molecule has 1 fully saturated rings. The molecule has 1 aromatic heterocycles. The lowest BCUT2D eigenvalue weighted by Gasteiger charge is -2.27. The number of aryl methyl sites for hydroxylation is 1. The van der Waals surface area contributed by atoms with E-state index in [4.69, 9.17) is 27.9 Å². The van der Waals surface area contributed by atoms with E-state index in [1.807, 2.05) is 0 Å². The Morgan fingerprint density at radius 3 is 2.42 bits per heavy atom. The van der Waals surface area contributed by atoms with Gasteiger partial charge >= 0.3 is 0 Å². The number of halogens is 2. The van der Waals surface area contributed by atoms with Crippen LogP contribution in [0.25, 0.3) is 5.76 Å². The predicted molar refractivity (Wildman–Crippen MR) is 128 cm³/mol. The average Bonchev–Trinajstić information content (AvgIpc) is 3.06. The fourth-order valence-corrected chi connectivity index (χ4v) is 4.58. The summed E-state index contributed by atoms with van der Waals surface area (Å²) in [7, 11) is 1.42. The third kappa shape index (κ3) is 3.86. The minimum atomic E-state index is -0.908. The van der Waals surface area contributed by atoms with Crippen LogP contribution in [0.3, 0.4) is 0 Å². The smallest absolute Gasteiger partial charge is 0.300 e. The summed E-state index contributed by atoms with van der Waals surface area (Å²) >= 11 is 12.6. The number of carbonyl (C=O) groups excluding carboxylic acids is 2. The highest BCUT2D eigenvalue weighted by Crippen LogP contribution is 2.45. The van der Waals surface area contributed by atoms with Crippen LogP contribution in [0.2, 0.25) is 10.0 Å². The number of pyridine rings is 1. The molecule has 0 radical (unpaired) electrons. The molecule has 1 N–H and O–H groups in total. The summed E-state index contributed by atoms with van der Waals surface area (Å²) in [6, 6.07) is 10.9. The van der Waals surface area contributed by atoms with E-state index in [0.717, 1.165) is 5.56 Å². The van der Waals surface area contributed by atoms with Gasteiger partial charge in [-0.05, 0) is 66.9 Å². The molecule has 0 saturated carbocycles. The molecular formula is C25H20Cl2N2O4. The number of nitrogens with zero attached hydrogens (tertiary/aromatic N) is 2. The van der Waals surface area contributed by atoms with E-state index < -0.39 is 17.7 Å². The van der Waals surface area contributed by atoms with Crippen LogP contribution in [0.4, 0.5) is 5.69 Å². The lowest BCUT2D eigenvalue weighted by atomic mass is 9.94. The molecule has 0 aliphatic carbocycles. The number of aromatic nitrogens is 1. The quantitative estimate of drug-likeness (QED) is 0.295. The Hall–Kier alpha value is -3.35. The van der Waals surface area contributed by atoms with Crippen LogP contribution >= 0.6 is 23.2 Å². The van der Waals surface area contributed by atoms with E-state index in [9.17, 15) is 14.7 Å². The van der Waals surface area contributed by atoms with E-state index in [1.165, 1.54) is 12.0 Å². The van der Waals surface area contributed by atoms with Crippen molar-refractivity contribution in [2.24, 2.45) is 0 Å². The molecule has 6 nitrogen and oxygen atoms in total. The van der Waals surface area contributed by atoms with Crippen LogP contribution in [0.5, 0.6) is 5.75 Å². The van der Waals surface area contributed by atoms with E-state index in [0.29, 0.717) is 21.8 Å². The number of rotatable bonds is 4. The molecule has 1 aliphatic rings. The van der Waals surface area contributed by atoms with Crippen LogP contribution < -0.4 is 9.64 Å². The van der Waals surface area contributed by atoms with Crippen molar-refractivity contribution in [1.29, 1.82) is 0 Å². The van der Waals surface area contributed by atoms with Gasteiger partial charge in [-0.1, -0.05) is 29.3 Å². The maximum atomic E-state index is 13.3. The molecular weight excluding hydrogens is 463 g/mol. The van der Waals surface area contributed by atoms with Gasteiger partial charge < -0.3 is 9.84 Å². The summed E-state index contributed by atoms with van der Waals surface area (Å²) in [5.41, 5.74) is 2.61. The number of amides is 1. The Bertz CT molecular complexity index is 1310. The van der Waals surface area contributed by atoms with Gasteiger partial charge in [-0.25, -0.2) is 0 Å². The maximum Gasteiger partial charge on any atom is 0.300 e. The van der Waals surface area contributed by atoms with Crippen molar-refractivity contribution in [3.63, 3.8) is 0 Å². The number of aliphatic hydroxyl groups is 1. The van der Waals surface area contributed by atoms with Gasteiger partial charge in [0.2, 0.25) is 0 Å². The SMILES string of the molecule is COc1c(Cl)cc(C)cc1/C(O)=C1\C(=O)C(=O)N(c2cccc(Cl)c2C)C1c1ccncc1. The number of ketones is 1. The summed E-state index contributed by atoms with van der Waals surface area (Å²) in [5.74, 6) is -1.77. The Morgan fingerprint density at radius 2 is 1.76 bits per heavy atom. The van der Waals surface area contributed by atoms with E-state index in [2.05, 4.69) is 4.98 Å². The van der Waals surface area contributed by atoms with Crippen LogP contribution in [0.15, 0.2) is 60.4 Å². The fourth-order valence-electron chi connectivity index (χ4n) is 4.06. The summed E-state index contributed by atoms with van der Waals surface area (Å²) in [6.45, 7) is 3.57. The first-order valence-electron chi connectivity index (χ1n) is 10.1. The molecule has 1 saturated heterocycles. The van der Waals surface area contributed by atoms with Crippen molar-refractivity contribution < 1.29 is 19.4 Å². The fraction of sp³-hybridized carbons (Fsp3) is 0.160. The average molecular weight is 483 g/mol. The van der Waals surface area contributed by atoms with Crippen molar-refractivity contribution >= 4 is 46.3 Å². The summed E-state index contributed by atoms with van der Waals surface area (Å²) in [4.78, 5) is 32.0. The highest BCUT2D eigenvalue weighted by atomic mass is 35.5. The molecule has 0 bridgehead atoms. The predicted octanol–water partition coefficient (Wildman–Crippen LogP) is 5.64. The first kappa shape index (κ1) is 22.8. The third-order valence-corrected chi connectivity index (χ3v) is 6.30. The molecule has 8 heteroatoms. The number of hydrogen-bond acceptors (Lipinski definition) is 5. The molecule has 1 aliphatic heterocycles. The highest BCUT2D eigenvalue weighted by Gasteiger charge is 2.47. The molecule has 33 heavy (non-hydrogen) atoms. The second kappa shape index (κ2) is 8.89. The number of anilines is 1. The zero-order valence-electron chi connectivity index (χ0n) is 18.1. The van der Waals surface area contributed by atoms with Gasteiger partial charge in [-0.2, -0.15) is 0 Å². The van der Waals surface area contributed by atoms with Crippen LogP contribution in [-0.2, 0) is 9.59 Å². The Kier molecular flexibility index (Phi) is 6.15. The second-order valence-electron chi connectivity index (χ2n) is 7.66.